The minimum atomic E-state index is -4.55. The summed E-state index contributed by atoms with van der Waals surface area (Å²) < 4.78 is 75.2. The molecule has 0 saturated carbocycles. The van der Waals surface area contributed by atoms with Crippen LogP contribution in [0.15, 0.2) is 47.7 Å². The van der Waals surface area contributed by atoms with E-state index in [0.717, 1.165) is 6.07 Å². The normalized spacial score (nSPS) is 12.6. The summed E-state index contributed by atoms with van der Waals surface area (Å²) in [4.78, 5) is 0. The topological polar surface area (TPSA) is 9.23 Å². The van der Waals surface area contributed by atoms with E-state index in [0.29, 0.717) is 18.4 Å². The van der Waals surface area contributed by atoms with Crippen molar-refractivity contribution in [1.82, 2.24) is 0 Å². The maximum absolute atomic E-state index is 12.0. The molecular formula is C23H36F6O. The van der Waals surface area contributed by atoms with Crippen LogP contribution >= 0.6 is 0 Å². The first kappa shape index (κ1) is 32.7. The third-order valence-electron chi connectivity index (χ3n) is 3.04. The second kappa shape index (κ2) is 17.9. The van der Waals surface area contributed by atoms with E-state index in [1.165, 1.54) is 25.5 Å². The summed E-state index contributed by atoms with van der Waals surface area (Å²) in [6.45, 7) is 15.3. The first-order valence-electron chi connectivity index (χ1n) is 10.2. The summed E-state index contributed by atoms with van der Waals surface area (Å²) in [7, 11) is 0. The van der Waals surface area contributed by atoms with E-state index >= 15 is 0 Å². The van der Waals surface area contributed by atoms with Crippen molar-refractivity contribution in [2.45, 2.75) is 87.2 Å². The molecule has 2 rings (SSSR count). The highest BCUT2D eigenvalue weighted by molar-refractivity contribution is 5.27. The lowest BCUT2D eigenvalue weighted by Gasteiger charge is -2.16. The van der Waals surface area contributed by atoms with Gasteiger partial charge in [-0.25, -0.2) is 0 Å². The molecule has 0 spiro atoms. The fourth-order valence-electron chi connectivity index (χ4n) is 1.93. The average Bonchev–Trinajstić information content (AvgIpc) is 2.66. The molecule has 30 heavy (non-hydrogen) atoms. The number of rotatable bonds is 1. The maximum atomic E-state index is 12.0. The van der Waals surface area contributed by atoms with Gasteiger partial charge in [-0.05, 0) is 37.5 Å². The van der Waals surface area contributed by atoms with Gasteiger partial charge in [-0.1, -0.05) is 78.3 Å². The molecule has 0 aromatic heterocycles. The van der Waals surface area contributed by atoms with Crippen LogP contribution in [0.5, 0.6) is 0 Å². The van der Waals surface area contributed by atoms with Crippen molar-refractivity contribution in [1.29, 1.82) is 0 Å². The van der Waals surface area contributed by atoms with Gasteiger partial charge in [0.05, 0.1) is 5.56 Å². The number of hydrogen-bond donors (Lipinski definition) is 0. The molecule has 0 unspecified atom stereocenters. The molecule has 0 heterocycles. The van der Waals surface area contributed by atoms with E-state index in [1.807, 2.05) is 33.8 Å². The van der Waals surface area contributed by atoms with Gasteiger partial charge in [0.1, 0.15) is 5.76 Å². The van der Waals surface area contributed by atoms with Gasteiger partial charge >= 0.3 is 12.5 Å². The minimum Gasteiger partial charge on any atom is -0.410 e. The van der Waals surface area contributed by atoms with Gasteiger partial charge in [-0.2, -0.15) is 13.2 Å². The summed E-state index contributed by atoms with van der Waals surface area (Å²) in [5, 5.41) is 0. The van der Waals surface area contributed by atoms with Gasteiger partial charge in [0, 0.05) is 6.42 Å². The van der Waals surface area contributed by atoms with E-state index in [4.69, 9.17) is 0 Å². The third kappa shape index (κ3) is 17.0. The van der Waals surface area contributed by atoms with Crippen molar-refractivity contribution >= 4 is 0 Å². The second-order valence-corrected chi connectivity index (χ2v) is 5.61. The Morgan fingerprint density at radius 3 is 1.67 bits per heavy atom. The Bertz CT molecular complexity index is 598. The van der Waals surface area contributed by atoms with Crippen LogP contribution in [0.3, 0.4) is 0 Å². The molecule has 0 saturated heterocycles. The van der Waals surface area contributed by atoms with E-state index in [2.05, 4.69) is 18.6 Å². The Balaban J connectivity index is -0.000000376. The summed E-state index contributed by atoms with van der Waals surface area (Å²) >= 11 is 0. The third-order valence-corrected chi connectivity index (χ3v) is 3.04. The highest BCUT2D eigenvalue weighted by Gasteiger charge is 2.32. The van der Waals surface area contributed by atoms with Crippen molar-refractivity contribution < 1.29 is 31.1 Å². The zero-order valence-corrected chi connectivity index (χ0v) is 19.3. The van der Waals surface area contributed by atoms with Gasteiger partial charge in [-0.15, -0.1) is 13.2 Å². The first-order valence-corrected chi connectivity index (χ1v) is 10.2. The number of alkyl halides is 6. The van der Waals surface area contributed by atoms with E-state index in [-0.39, 0.29) is 11.3 Å². The van der Waals surface area contributed by atoms with Crippen molar-refractivity contribution in [2.75, 3.05) is 0 Å². The lowest BCUT2D eigenvalue weighted by molar-refractivity contribution is -0.306. The molecule has 0 fully saturated rings. The number of benzene rings is 1. The van der Waals surface area contributed by atoms with Crippen LogP contribution in [0.25, 0.3) is 0 Å². The monoisotopic (exact) mass is 442 g/mol. The largest absolute Gasteiger partial charge is 0.572 e. The molecule has 1 nitrogen and oxygen atoms in total. The van der Waals surface area contributed by atoms with Crippen molar-refractivity contribution in [3.05, 3.63) is 58.9 Å². The molecule has 0 bridgehead atoms. The Kier molecular flexibility index (Phi) is 19.5. The first-order chi connectivity index (χ1) is 13.9. The smallest absolute Gasteiger partial charge is 0.410 e. The number of hydrogen-bond acceptors (Lipinski definition) is 1. The second-order valence-electron chi connectivity index (χ2n) is 5.61. The highest BCUT2D eigenvalue weighted by atomic mass is 19.4. The predicted molar refractivity (Wildman–Crippen MR) is 113 cm³/mol. The summed E-state index contributed by atoms with van der Waals surface area (Å²) in [5.41, 5.74) is 0.263. The summed E-state index contributed by atoms with van der Waals surface area (Å²) in [6.07, 6.45) is -3.10. The number of ether oxygens (including phenoxy) is 1. The number of aryl methyl sites for hydroxylation is 1. The van der Waals surface area contributed by atoms with E-state index in [9.17, 15) is 26.3 Å². The predicted octanol–water partition coefficient (Wildman–Crippen LogP) is 9.63. The van der Waals surface area contributed by atoms with Crippen molar-refractivity contribution in [3.8, 4) is 0 Å². The van der Waals surface area contributed by atoms with Gasteiger partial charge in [0.25, 0.3) is 0 Å². The lowest BCUT2D eigenvalue weighted by Crippen LogP contribution is -2.14. The molecule has 1 aliphatic rings. The lowest BCUT2D eigenvalue weighted by atomic mass is 10.1. The van der Waals surface area contributed by atoms with Crippen molar-refractivity contribution in [2.24, 2.45) is 0 Å². The molecule has 0 aliphatic heterocycles. The van der Waals surface area contributed by atoms with Crippen molar-refractivity contribution in [3.63, 3.8) is 0 Å². The van der Waals surface area contributed by atoms with Crippen LogP contribution in [0, 0.1) is 6.92 Å². The van der Waals surface area contributed by atoms with Crippen LogP contribution < -0.4 is 0 Å². The standard InChI is InChI=1S/C8H9F3O.C8H7F3.C3H8.2C2H6/c1-6-4-2-3-5-7(6)12-8(9,10)11;1-6-4-2-3-5-7(6)8(9,10)11;1-3-2;2*1-2/h2,4H,3,5H2,1H3;2-5H,1H3;3H2,1-2H3;2*1-2H3. The van der Waals surface area contributed by atoms with Crippen LogP contribution in [-0.4, -0.2) is 6.36 Å². The Morgan fingerprint density at radius 2 is 1.33 bits per heavy atom. The number of halogens is 6. The zero-order chi connectivity index (χ0) is 24.4. The van der Waals surface area contributed by atoms with Crippen LogP contribution in [-0.2, 0) is 10.9 Å². The van der Waals surface area contributed by atoms with Gasteiger partial charge in [0.2, 0.25) is 0 Å². The molecule has 7 heteroatoms. The van der Waals surface area contributed by atoms with Crippen LogP contribution in [0.2, 0.25) is 0 Å². The Morgan fingerprint density at radius 1 is 0.867 bits per heavy atom. The number of allylic oxidation sites excluding steroid dienone is 4. The van der Waals surface area contributed by atoms with Gasteiger partial charge in [0.15, 0.2) is 0 Å². The van der Waals surface area contributed by atoms with E-state index < -0.39 is 18.1 Å². The molecule has 0 radical (unpaired) electrons. The zero-order valence-electron chi connectivity index (χ0n) is 19.3. The summed E-state index contributed by atoms with van der Waals surface area (Å²) in [6, 6.07) is 5.50. The molecule has 1 aliphatic carbocycles. The molecule has 1 aromatic carbocycles. The average molecular weight is 443 g/mol. The molecule has 0 N–H and O–H groups in total. The van der Waals surface area contributed by atoms with Gasteiger partial charge < -0.3 is 4.74 Å². The van der Waals surface area contributed by atoms with E-state index in [1.54, 1.807) is 19.1 Å². The summed E-state index contributed by atoms with van der Waals surface area (Å²) in [5.74, 6) is 0.0324. The van der Waals surface area contributed by atoms with Crippen LogP contribution in [0.4, 0.5) is 26.3 Å². The van der Waals surface area contributed by atoms with Gasteiger partial charge in [-0.3, -0.25) is 0 Å². The molecule has 176 valence electrons. The molecule has 0 amide bonds. The Hall–Kier alpha value is -1.92. The quantitative estimate of drug-likeness (QED) is 0.393. The molecular weight excluding hydrogens is 406 g/mol. The SMILES string of the molecule is CC.CC.CC1=C(OC(F)(F)F)CCC=C1.CCC.Cc1ccccc1C(F)(F)F. The van der Waals surface area contributed by atoms with Crippen LogP contribution in [0.1, 0.15) is 78.9 Å². The molecule has 0 atom stereocenters. The molecule has 1 aromatic rings. The fraction of sp³-hybridized carbons (Fsp3) is 0.565. The highest BCUT2D eigenvalue weighted by Crippen LogP contribution is 2.31. The maximum Gasteiger partial charge on any atom is 0.572 e. The fourth-order valence-corrected chi connectivity index (χ4v) is 1.93. The minimum absolute atomic E-state index is 0.0324. The Labute approximate surface area is 177 Å².